The van der Waals surface area contributed by atoms with E-state index in [4.69, 9.17) is 5.84 Å². The molecule has 19 heavy (non-hydrogen) atoms. The number of nitrogens with two attached hydrogens (primary N) is 1. The smallest absolute Gasteiger partial charge is 0.131 e. The summed E-state index contributed by atoms with van der Waals surface area (Å²) in [6.45, 7) is 5.16. The fraction of sp³-hybridized carbons (Fsp3) is 0.357. The third-order valence-corrected chi connectivity index (χ3v) is 4.02. The van der Waals surface area contributed by atoms with Gasteiger partial charge in [-0.15, -0.1) is 0 Å². The second kappa shape index (κ2) is 6.32. The molecule has 1 unspecified atom stereocenters. The summed E-state index contributed by atoms with van der Waals surface area (Å²) in [5, 5.41) is 0. The fourth-order valence-corrected chi connectivity index (χ4v) is 2.52. The molecule has 2 aromatic rings. The van der Waals surface area contributed by atoms with Gasteiger partial charge in [-0.05, 0) is 30.5 Å². The van der Waals surface area contributed by atoms with E-state index < -0.39 is 0 Å². The highest BCUT2D eigenvalue weighted by atomic mass is 79.9. The van der Waals surface area contributed by atoms with Gasteiger partial charge in [0.05, 0.1) is 0 Å². The molecule has 0 fully saturated rings. The molecule has 0 aliphatic heterocycles. The number of nitrogens with one attached hydrogen (secondary N) is 1. The SMILES string of the molecule is CCCn1ccnc1C(NN)c1ccc(C)c(Br)c1. The van der Waals surface area contributed by atoms with Crippen LogP contribution in [0.5, 0.6) is 0 Å². The lowest BCUT2D eigenvalue weighted by atomic mass is 10.0. The first-order valence-electron chi connectivity index (χ1n) is 6.40. The van der Waals surface area contributed by atoms with Crippen LogP contribution in [0, 0.1) is 6.92 Å². The first kappa shape index (κ1) is 14.2. The maximum absolute atomic E-state index is 5.73. The minimum atomic E-state index is -0.0987. The van der Waals surface area contributed by atoms with Gasteiger partial charge in [0.25, 0.3) is 0 Å². The summed E-state index contributed by atoms with van der Waals surface area (Å²) < 4.78 is 3.22. The maximum Gasteiger partial charge on any atom is 0.131 e. The summed E-state index contributed by atoms with van der Waals surface area (Å²) in [6, 6.07) is 6.15. The van der Waals surface area contributed by atoms with Crippen molar-refractivity contribution in [3.05, 3.63) is 52.0 Å². The van der Waals surface area contributed by atoms with Gasteiger partial charge in [0, 0.05) is 23.4 Å². The van der Waals surface area contributed by atoms with Crippen molar-refractivity contribution >= 4 is 15.9 Å². The summed E-state index contributed by atoms with van der Waals surface area (Å²) in [5.41, 5.74) is 5.17. The second-order valence-corrected chi connectivity index (χ2v) is 5.44. The molecule has 1 atom stereocenters. The van der Waals surface area contributed by atoms with Crippen molar-refractivity contribution in [2.24, 2.45) is 5.84 Å². The molecule has 0 amide bonds. The predicted octanol–water partition coefficient (Wildman–Crippen LogP) is 2.92. The number of aryl methyl sites for hydroxylation is 2. The highest BCUT2D eigenvalue weighted by molar-refractivity contribution is 9.10. The largest absolute Gasteiger partial charge is 0.333 e. The van der Waals surface area contributed by atoms with Crippen LogP contribution in [0.1, 0.15) is 36.3 Å². The van der Waals surface area contributed by atoms with Crippen LogP contribution in [0.3, 0.4) is 0 Å². The molecule has 0 aliphatic carbocycles. The molecule has 1 heterocycles. The average Bonchev–Trinajstić information content (AvgIpc) is 2.83. The summed E-state index contributed by atoms with van der Waals surface area (Å²) in [4.78, 5) is 4.44. The minimum absolute atomic E-state index is 0.0987. The molecular weight excluding hydrogens is 304 g/mol. The Bertz CT molecular complexity index is 550. The Morgan fingerprint density at radius 3 is 2.89 bits per heavy atom. The molecule has 1 aromatic carbocycles. The third kappa shape index (κ3) is 3.05. The Hall–Kier alpha value is -1.17. The predicted molar refractivity (Wildman–Crippen MR) is 80.6 cm³/mol. The number of halogens is 1. The van der Waals surface area contributed by atoms with Crippen molar-refractivity contribution < 1.29 is 0 Å². The van der Waals surface area contributed by atoms with E-state index in [9.17, 15) is 0 Å². The van der Waals surface area contributed by atoms with Crippen molar-refractivity contribution in [1.82, 2.24) is 15.0 Å². The number of imidazole rings is 1. The lowest BCUT2D eigenvalue weighted by molar-refractivity contribution is 0.545. The molecule has 4 nitrogen and oxygen atoms in total. The zero-order chi connectivity index (χ0) is 13.8. The van der Waals surface area contributed by atoms with Crippen LogP contribution in [0.2, 0.25) is 0 Å². The highest BCUT2D eigenvalue weighted by Gasteiger charge is 2.18. The molecule has 0 saturated heterocycles. The molecule has 3 N–H and O–H groups in total. The van der Waals surface area contributed by atoms with Gasteiger partial charge in [0.1, 0.15) is 11.9 Å². The fourth-order valence-electron chi connectivity index (χ4n) is 2.12. The van der Waals surface area contributed by atoms with Crippen LogP contribution < -0.4 is 11.3 Å². The lowest BCUT2D eigenvalue weighted by Crippen LogP contribution is -2.31. The number of hydrogen-bond donors (Lipinski definition) is 2. The van der Waals surface area contributed by atoms with Crippen LogP contribution in [-0.4, -0.2) is 9.55 Å². The van der Waals surface area contributed by atoms with Gasteiger partial charge in [-0.3, -0.25) is 5.84 Å². The van der Waals surface area contributed by atoms with Crippen molar-refractivity contribution in [3.63, 3.8) is 0 Å². The van der Waals surface area contributed by atoms with E-state index in [1.165, 1.54) is 5.56 Å². The Balaban J connectivity index is 2.38. The normalized spacial score (nSPS) is 12.6. The molecule has 0 bridgehead atoms. The highest BCUT2D eigenvalue weighted by Crippen LogP contribution is 2.25. The molecular formula is C14H19BrN4. The van der Waals surface area contributed by atoms with Crippen molar-refractivity contribution in [2.45, 2.75) is 32.9 Å². The Morgan fingerprint density at radius 1 is 1.47 bits per heavy atom. The minimum Gasteiger partial charge on any atom is -0.333 e. The first-order valence-corrected chi connectivity index (χ1v) is 7.19. The van der Waals surface area contributed by atoms with Crippen LogP contribution in [0.15, 0.2) is 35.1 Å². The van der Waals surface area contributed by atoms with Gasteiger partial charge in [0.15, 0.2) is 0 Å². The Morgan fingerprint density at radius 2 is 2.26 bits per heavy atom. The standard InChI is InChI=1S/C14H19BrN4/c1-3-7-19-8-6-17-14(19)13(18-16)11-5-4-10(2)12(15)9-11/h4-6,8-9,13,18H,3,7,16H2,1-2H3. The van der Waals surface area contributed by atoms with E-state index in [1.807, 2.05) is 12.4 Å². The second-order valence-electron chi connectivity index (χ2n) is 4.59. The van der Waals surface area contributed by atoms with E-state index in [2.05, 4.69) is 63.0 Å². The zero-order valence-corrected chi connectivity index (χ0v) is 12.8. The van der Waals surface area contributed by atoms with Crippen molar-refractivity contribution in [3.8, 4) is 0 Å². The molecule has 0 saturated carbocycles. The van der Waals surface area contributed by atoms with Gasteiger partial charge < -0.3 is 4.57 Å². The van der Waals surface area contributed by atoms with Gasteiger partial charge in [-0.2, -0.15) is 0 Å². The molecule has 102 valence electrons. The van der Waals surface area contributed by atoms with Gasteiger partial charge >= 0.3 is 0 Å². The number of aromatic nitrogens is 2. The van der Waals surface area contributed by atoms with Gasteiger partial charge in [-0.1, -0.05) is 35.0 Å². The van der Waals surface area contributed by atoms with E-state index in [1.54, 1.807) is 0 Å². The Labute approximate surface area is 122 Å². The Kier molecular flexibility index (Phi) is 4.74. The number of hydrazine groups is 1. The zero-order valence-electron chi connectivity index (χ0n) is 11.2. The van der Waals surface area contributed by atoms with Gasteiger partial charge in [-0.25, -0.2) is 10.4 Å². The molecule has 1 aromatic heterocycles. The quantitative estimate of drug-likeness (QED) is 0.657. The van der Waals surface area contributed by atoms with Crippen LogP contribution >= 0.6 is 15.9 Å². The van der Waals surface area contributed by atoms with E-state index in [-0.39, 0.29) is 6.04 Å². The molecule has 0 spiro atoms. The number of rotatable bonds is 5. The first-order chi connectivity index (χ1) is 9.17. The van der Waals surface area contributed by atoms with Crippen LogP contribution in [0.25, 0.3) is 0 Å². The van der Waals surface area contributed by atoms with Crippen LogP contribution in [-0.2, 0) is 6.54 Å². The van der Waals surface area contributed by atoms with Crippen molar-refractivity contribution in [1.29, 1.82) is 0 Å². The number of nitrogens with zero attached hydrogens (tertiary/aromatic N) is 2. The summed E-state index contributed by atoms with van der Waals surface area (Å²) in [6.07, 6.45) is 4.88. The third-order valence-electron chi connectivity index (χ3n) is 3.17. The van der Waals surface area contributed by atoms with E-state index >= 15 is 0 Å². The topological polar surface area (TPSA) is 55.9 Å². The van der Waals surface area contributed by atoms with E-state index in [0.29, 0.717) is 0 Å². The number of benzene rings is 1. The van der Waals surface area contributed by atoms with E-state index in [0.717, 1.165) is 28.8 Å². The summed E-state index contributed by atoms with van der Waals surface area (Å²) in [7, 11) is 0. The monoisotopic (exact) mass is 322 g/mol. The van der Waals surface area contributed by atoms with Gasteiger partial charge in [0.2, 0.25) is 0 Å². The lowest BCUT2D eigenvalue weighted by Gasteiger charge is -2.18. The summed E-state index contributed by atoms with van der Waals surface area (Å²) in [5.74, 6) is 6.68. The van der Waals surface area contributed by atoms with Crippen LogP contribution in [0.4, 0.5) is 0 Å². The molecule has 2 rings (SSSR count). The summed E-state index contributed by atoms with van der Waals surface area (Å²) >= 11 is 3.56. The number of hydrogen-bond acceptors (Lipinski definition) is 3. The maximum atomic E-state index is 5.73. The molecule has 0 radical (unpaired) electrons. The molecule has 5 heteroatoms. The van der Waals surface area contributed by atoms with Crippen molar-refractivity contribution in [2.75, 3.05) is 0 Å². The molecule has 0 aliphatic rings. The average molecular weight is 323 g/mol.